The summed E-state index contributed by atoms with van der Waals surface area (Å²) in [4.78, 5) is 45.5. The third kappa shape index (κ3) is 6.32. The van der Waals surface area contributed by atoms with Crippen molar-refractivity contribution in [2.45, 2.75) is 37.4 Å². The summed E-state index contributed by atoms with van der Waals surface area (Å²) >= 11 is 1.41. The first kappa shape index (κ1) is 29.7. The van der Waals surface area contributed by atoms with Crippen LogP contribution in [0.2, 0.25) is 0 Å². The highest BCUT2D eigenvalue weighted by Gasteiger charge is 2.52. The van der Waals surface area contributed by atoms with Crippen LogP contribution in [-0.2, 0) is 19.1 Å². The lowest BCUT2D eigenvalue weighted by Crippen LogP contribution is -2.49. The van der Waals surface area contributed by atoms with Crippen LogP contribution in [0, 0.1) is 11.6 Å². The number of amides is 3. The Morgan fingerprint density at radius 3 is 2.52 bits per heavy atom. The van der Waals surface area contributed by atoms with Crippen molar-refractivity contribution in [1.82, 2.24) is 20.5 Å². The van der Waals surface area contributed by atoms with Crippen molar-refractivity contribution in [1.29, 1.82) is 0 Å². The molecule has 0 bridgehead atoms. The highest BCUT2D eigenvalue weighted by atomic mass is 32.1. The van der Waals surface area contributed by atoms with E-state index in [-0.39, 0.29) is 30.3 Å². The number of halogens is 2. The number of carbonyl (C=O) groups is 3. The van der Waals surface area contributed by atoms with Gasteiger partial charge in [-0.25, -0.2) is 8.78 Å². The van der Waals surface area contributed by atoms with Gasteiger partial charge in [-0.3, -0.25) is 19.4 Å². The highest BCUT2D eigenvalue weighted by Crippen LogP contribution is 2.35. The van der Waals surface area contributed by atoms with Gasteiger partial charge < -0.3 is 36.5 Å². The molecule has 4 heterocycles. The summed E-state index contributed by atoms with van der Waals surface area (Å²) in [5.41, 5.74) is 12.5. The lowest BCUT2D eigenvalue weighted by molar-refractivity contribution is -0.152. The maximum atomic E-state index is 14.7. The molecule has 0 saturated carbocycles. The van der Waals surface area contributed by atoms with E-state index in [1.54, 1.807) is 0 Å². The molecule has 2 aromatic heterocycles. The van der Waals surface area contributed by atoms with Gasteiger partial charge in [0.1, 0.15) is 23.4 Å². The van der Waals surface area contributed by atoms with Crippen molar-refractivity contribution in [3.05, 3.63) is 75.7 Å². The summed E-state index contributed by atoms with van der Waals surface area (Å²) in [7, 11) is 0. The summed E-state index contributed by atoms with van der Waals surface area (Å²) in [6.45, 7) is 1.99. The highest BCUT2D eigenvalue weighted by molar-refractivity contribution is 7.10. The Labute approximate surface area is 244 Å². The van der Waals surface area contributed by atoms with E-state index >= 15 is 0 Å². The number of hydrogen-bond acceptors (Lipinski definition) is 9. The Bertz CT molecular complexity index is 1480. The molecule has 42 heavy (non-hydrogen) atoms. The molecule has 2 fully saturated rings. The molecule has 0 unspecified atom stereocenters. The van der Waals surface area contributed by atoms with Crippen molar-refractivity contribution in [2.75, 3.05) is 26.3 Å². The second kappa shape index (κ2) is 12.2. The molecule has 2 atom stereocenters. The normalized spacial score (nSPS) is 18.4. The predicted molar refractivity (Wildman–Crippen MR) is 149 cm³/mol. The monoisotopic (exact) mass is 600 g/mol. The molecule has 6 N–H and O–H groups in total. The Hall–Kier alpha value is -3.82. The lowest BCUT2D eigenvalue weighted by atomic mass is 10.1. The molecule has 1 aromatic carbocycles. The molecule has 3 aromatic rings. The summed E-state index contributed by atoms with van der Waals surface area (Å²) in [5.74, 6) is -4.06. The molecular formula is C28H30F2N6O5S. The molecule has 5 rings (SSSR count). The molecule has 2 aliphatic heterocycles. The average Bonchev–Trinajstić information content (AvgIpc) is 3.73. The maximum Gasteiger partial charge on any atom is 0.270 e. The van der Waals surface area contributed by atoms with Crippen LogP contribution in [0.5, 0.6) is 0 Å². The topological polar surface area (TPSA) is 162 Å². The fourth-order valence-electron chi connectivity index (χ4n) is 4.94. The largest absolute Gasteiger partial charge is 0.347 e. The Balaban J connectivity index is 1.24. The lowest BCUT2D eigenvalue weighted by Gasteiger charge is -2.25. The second-order valence-corrected chi connectivity index (χ2v) is 11.1. The van der Waals surface area contributed by atoms with Gasteiger partial charge in [-0.05, 0) is 41.6 Å². The number of thiophene rings is 1. The number of hydrogen-bond donors (Lipinski definition) is 4. The zero-order valence-electron chi connectivity index (χ0n) is 22.6. The van der Waals surface area contributed by atoms with Gasteiger partial charge in [0.25, 0.3) is 5.91 Å². The summed E-state index contributed by atoms with van der Waals surface area (Å²) in [6, 6.07) is 6.63. The second-order valence-electron chi connectivity index (χ2n) is 10.1. The molecule has 2 aliphatic rings. The van der Waals surface area contributed by atoms with Crippen LogP contribution in [0.1, 0.15) is 46.5 Å². The van der Waals surface area contributed by atoms with E-state index in [4.69, 9.17) is 20.9 Å². The maximum absolute atomic E-state index is 14.7. The van der Waals surface area contributed by atoms with Crippen molar-refractivity contribution in [3.63, 3.8) is 0 Å². The molecule has 1 spiro atoms. The van der Waals surface area contributed by atoms with Crippen LogP contribution >= 0.6 is 11.3 Å². The van der Waals surface area contributed by atoms with E-state index < -0.39 is 53.9 Å². The minimum absolute atomic E-state index is 0.00140. The molecular weight excluding hydrogens is 570 g/mol. The van der Waals surface area contributed by atoms with E-state index in [2.05, 4.69) is 15.6 Å². The molecule has 2 saturated heterocycles. The smallest absolute Gasteiger partial charge is 0.270 e. The number of benzene rings is 1. The van der Waals surface area contributed by atoms with Gasteiger partial charge in [0.05, 0.1) is 38.5 Å². The van der Waals surface area contributed by atoms with Crippen LogP contribution in [0.3, 0.4) is 0 Å². The standard InChI is InChI=1S/C28H30F2N6O5S/c1-15(23-8-17(13-42-23)25(31)32)35-27(39)22-10-28(40-6-7-41-28)14-36(22)24(37)12-34-26(38)21-9-20(30)19(11-33-21)16-2-4-18(29)5-3-16/h2-5,8-9,11,13,15,22,25H,6-7,10,12,14,31-32H2,1H3,(H,34,38)(H,35,39)/t15-,22+/m1/s1. The Kier molecular flexibility index (Phi) is 8.61. The van der Waals surface area contributed by atoms with Crippen molar-refractivity contribution in [3.8, 4) is 11.1 Å². The van der Waals surface area contributed by atoms with Crippen LogP contribution in [0.25, 0.3) is 11.1 Å². The number of carbonyl (C=O) groups excluding carboxylic acids is 3. The summed E-state index contributed by atoms with van der Waals surface area (Å²) in [6.07, 6.45) is 0.649. The van der Waals surface area contributed by atoms with E-state index in [9.17, 15) is 23.2 Å². The first-order valence-corrected chi connectivity index (χ1v) is 14.1. The van der Waals surface area contributed by atoms with Crippen molar-refractivity contribution < 1.29 is 32.6 Å². The minimum Gasteiger partial charge on any atom is -0.347 e. The molecule has 11 nitrogen and oxygen atoms in total. The van der Waals surface area contributed by atoms with Crippen LogP contribution < -0.4 is 22.1 Å². The number of rotatable bonds is 8. The van der Waals surface area contributed by atoms with Gasteiger partial charge in [0, 0.05) is 29.1 Å². The van der Waals surface area contributed by atoms with Gasteiger partial charge in [-0.1, -0.05) is 12.1 Å². The third-order valence-electron chi connectivity index (χ3n) is 7.18. The van der Waals surface area contributed by atoms with E-state index in [1.807, 2.05) is 18.4 Å². The fourth-order valence-corrected chi connectivity index (χ4v) is 5.90. The average molecular weight is 601 g/mol. The number of pyridine rings is 1. The summed E-state index contributed by atoms with van der Waals surface area (Å²) < 4.78 is 39.5. The van der Waals surface area contributed by atoms with Gasteiger partial charge in [0.15, 0.2) is 5.79 Å². The fraction of sp³-hybridized carbons (Fsp3) is 0.357. The van der Waals surface area contributed by atoms with Crippen LogP contribution in [0.4, 0.5) is 8.78 Å². The minimum atomic E-state index is -1.12. The number of nitrogens with zero attached hydrogens (tertiary/aromatic N) is 2. The Morgan fingerprint density at radius 1 is 1.17 bits per heavy atom. The van der Waals surface area contributed by atoms with Crippen molar-refractivity contribution >= 4 is 29.1 Å². The van der Waals surface area contributed by atoms with Gasteiger partial charge in [-0.2, -0.15) is 0 Å². The molecule has 222 valence electrons. The van der Waals surface area contributed by atoms with Crippen LogP contribution in [-0.4, -0.2) is 65.7 Å². The van der Waals surface area contributed by atoms with Gasteiger partial charge in [0.2, 0.25) is 11.8 Å². The van der Waals surface area contributed by atoms with E-state index in [1.165, 1.54) is 40.5 Å². The number of ether oxygens (including phenoxy) is 2. The number of nitrogens with one attached hydrogen (secondary N) is 2. The summed E-state index contributed by atoms with van der Waals surface area (Å²) in [5, 5.41) is 7.19. The van der Waals surface area contributed by atoms with E-state index in [0.717, 1.165) is 22.7 Å². The SMILES string of the molecule is C[C@@H](NC(=O)[C@@H]1CC2(CN1C(=O)CNC(=O)c1cc(F)c(-c3ccc(F)cc3)cn1)OCCO2)c1cc(C(N)N)cs1. The molecule has 14 heteroatoms. The number of aromatic nitrogens is 1. The first-order valence-electron chi connectivity index (χ1n) is 13.2. The third-order valence-corrected chi connectivity index (χ3v) is 8.31. The molecule has 0 aliphatic carbocycles. The zero-order valence-corrected chi connectivity index (χ0v) is 23.5. The predicted octanol–water partition coefficient (Wildman–Crippen LogP) is 1.96. The van der Waals surface area contributed by atoms with E-state index in [0.29, 0.717) is 18.8 Å². The Morgan fingerprint density at radius 2 is 1.88 bits per heavy atom. The van der Waals surface area contributed by atoms with Crippen LogP contribution in [0.15, 0.2) is 48.0 Å². The zero-order chi connectivity index (χ0) is 30.0. The molecule has 0 radical (unpaired) electrons. The molecule has 3 amide bonds. The number of likely N-dealkylation sites (tertiary alicyclic amines) is 1. The first-order chi connectivity index (χ1) is 20.0. The van der Waals surface area contributed by atoms with Crippen molar-refractivity contribution in [2.24, 2.45) is 11.5 Å². The number of nitrogens with two attached hydrogens (primary N) is 2. The van der Waals surface area contributed by atoms with Gasteiger partial charge >= 0.3 is 0 Å². The van der Waals surface area contributed by atoms with Gasteiger partial charge in [-0.15, -0.1) is 11.3 Å². The quantitative estimate of drug-likeness (QED) is 0.285.